The van der Waals surface area contributed by atoms with Gasteiger partial charge in [0.2, 0.25) is 0 Å². The van der Waals surface area contributed by atoms with Crippen molar-refractivity contribution in [3.63, 3.8) is 0 Å². The zero-order chi connectivity index (χ0) is 10.8. The van der Waals surface area contributed by atoms with Crippen molar-refractivity contribution in [1.82, 2.24) is 10.3 Å². The van der Waals surface area contributed by atoms with Gasteiger partial charge in [0, 0.05) is 6.04 Å². The van der Waals surface area contributed by atoms with E-state index in [4.69, 9.17) is 23.2 Å². The van der Waals surface area contributed by atoms with Gasteiger partial charge in [-0.15, -0.1) is 0 Å². The predicted molar refractivity (Wildman–Crippen MR) is 63.4 cm³/mol. The van der Waals surface area contributed by atoms with Gasteiger partial charge < -0.3 is 5.32 Å². The lowest BCUT2D eigenvalue weighted by atomic mass is 10.1. The molecule has 4 heteroatoms. The molecule has 82 valence electrons. The number of hydrogen-bond acceptors (Lipinski definition) is 2. The van der Waals surface area contributed by atoms with E-state index in [1.165, 1.54) is 12.8 Å². The summed E-state index contributed by atoms with van der Waals surface area (Å²) < 4.78 is 0. The number of nitrogens with one attached hydrogen (secondary N) is 1. The Balaban J connectivity index is 1.99. The van der Waals surface area contributed by atoms with Crippen LogP contribution in [0.25, 0.3) is 0 Å². The maximum Gasteiger partial charge on any atom is 0.131 e. The first kappa shape index (κ1) is 11.2. The van der Waals surface area contributed by atoms with E-state index in [1.54, 1.807) is 0 Å². The lowest BCUT2D eigenvalue weighted by molar-refractivity contribution is 0.548. The molecule has 0 radical (unpaired) electrons. The standard InChI is InChI=1S/C11H14Cl2N2/c1-7(14-6-8-2-3-8)9-4-10(12)15-11(13)5-9/h4-5,7-8,14H,2-3,6H2,1H3. The number of halogens is 2. The lowest BCUT2D eigenvalue weighted by Gasteiger charge is -2.14. The minimum absolute atomic E-state index is 0.281. The second-order valence-corrected chi connectivity index (χ2v) is 4.89. The first-order valence-electron chi connectivity index (χ1n) is 5.21. The van der Waals surface area contributed by atoms with Crippen molar-refractivity contribution in [3.05, 3.63) is 28.0 Å². The average Bonchev–Trinajstić information content (AvgIpc) is 2.96. The molecule has 0 aliphatic heterocycles. The van der Waals surface area contributed by atoms with Gasteiger partial charge in [0.25, 0.3) is 0 Å². The summed E-state index contributed by atoms with van der Waals surface area (Å²) in [6, 6.07) is 4.00. The molecular weight excluding hydrogens is 231 g/mol. The smallest absolute Gasteiger partial charge is 0.131 e. The van der Waals surface area contributed by atoms with E-state index >= 15 is 0 Å². The summed E-state index contributed by atoms with van der Waals surface area (Å²) in [6.07, 6.45) is 2.72. The highest BCUT2D eigenvalue weighted by Crippen LogP contribution is 2.29. The molecule has 1 fully saturated rings. The van der Waals surface area contributed by atoms with Gasteiger partial charge in [-0.1, -0.05) is 23.2 Å². The van der Waals surface area contributed by atoms with Crippen LogP contribution >= 0.6 is 23.2 Å². The van der Waals surface area contributed by atoms with Gasteiger partial charge in [0.1, 0.15) is 10.3 Å². The van der Waals surface area contributed by atoms with Gasteiger partial charge in [0.05, 0.1) is 0 Å². The Labute approximate surface area is 100.0 Å². The van der Waals surface area contributed by atoms with Gasteiger partial charge in [-0.05, 0) is 49.9 Å². The number of rotatable bonds is 4. The number of hydrogen-bond donors (Lipinski definition) is 1. The van der Waals surface area contributed by atoms with Crippen LogP contribution < -0.4 is 5.32 Å². The molecule has 1 N–H and O–H groups in total. The van der Waals surface area contributed by atoms with Crippen LogP contribution in [-0.4, -0.2) is 11.5 Å². The Bertz CT molecular complexity index is 330. The van der Waals surface area contributed by atoms with E-state index in [9.17, 15) is 0 Å². The molecule has 1 saturated carbocycles. The van der Waals surface area contributed by atoms with Crippen LogP contribution in [0.1, 0.15) is 31.4 Å². The zero-order valence-corrected chi connectivity index (χ0v) is 10.1. The fraction of sp³-hybridized carbons (Fsp3) is 0.545. The monoisotopic (exact) mass is 244 g/mol. The van der Waals surface area contributed by atoms with Gasteiger partial charge in [-0.2, -0.15) is 0 Å². The Kier molecular flexibility index (Phi) is 3.49. The van der Waals surface area contributed by atoms with Crippen LogP contribution in [0.3, 0.4) is 0 Å². The minimum atomic E-state index is 0.281. The van der Waals surface area contributed by atoms with Crippen LogP contribution in [0.15, 0.2) is 12.1 Å². The Hall–Kier alpha value is -0.310. The van der Waals surface area contributed by atoms with Gasteiger partial charge >= 0.3 is 0 Å². The molecule has 0 aromatic carbocycles. The number of aromatic nitrogens is 1. The van der Waals surface area contributed by atoms with E-state index in [0.717, 1.165) is 18.0 Å². The van der Waals surface area contributed by atoms with Gasteiger partial charge in [-0.3, -0.25) is 0 Å². The fourth-order valence-corrected chi connectivity index (χ4v) is 1.99. The number of pyridine rings is 1. The van der Waals surface area contributed by atoms with Gasteiger partial charge in [-0.25, -0.2) is 4.98 Å². The summed E-state index contributed by atoms with van der Waals surface area (Å²) in [4.78, 5) is 3.93. The summed E-state index contributed by atoms with van der Waals surface area (Å²) >= 11 is 11.7. The van der Waals surface area contributed by atoms with E-state index in [0.29, 0.717) is 10.3 Å². The van der Waals surface area contributed by atoms with Crippen molar-refractivity contribution >= 4 is 23.2 Å². The van der Waals surface area contributed by atoms with Crippen molar-refractivity contribution in [2.45, 2.75) is 25.8 Å². The highest BCUT2D eigenvalue weighted by molar-refractivity contribution is 6.32. The summed E-state index contributed by atoms with van der Waals surface area (Å²) in [5.74, 6) is 0.875. The van der Waals surface area contributed by atoms with E-state index in [1.807, 2.05) is 12.1 Å². The topological polar surface area (TPSA) is 24.9 Å². The van der Waals surface area contributed by atoms with E-state index in [-0.39, 0.29) is 6.04 Å². The molecule has 2 nitrogen and oxygen atoms in total. The van der Waals surface area contributed by atoms with Crippen LogP contribution in [0.2, 0.25) is 10.3 Å². The second kappa shape index (κ2) is 4.69. The molecule has 1 heterocycles. The third-order valence-corrected chi connectivity index (χ3v) is 3.08. The molecule has 0 saturated heterocycles. The Morgan fingerprint density at radius 2 is 2.00 bits per heavy atom. The molecule has 1 unspecified atom stereocenters. The van der Waals surface area contributed by atoms with Crippen LogP contribution in [0.4, 0.5) is 0 Å². The normalized spacial score (nSPS) is 17.8. The summed E-state index contributed by atoms with van der Waals surface area (Å²) in [5.41, 5.74) is 1.10. The molecule has 2 rings (SSSR count). The third-order valence-electron chi connectivity index (χ3n) is 2.69. The first-order valence-corrected chi connectivity index (χ1v) is 5.97. The average molecular weight is 245 g/mol. The maximum absolute atomic E-state index is 5.85. The first-order chi connectivity index (χ1) is 7.15. The molecule has 0 amide bonds. The molecule has 1 aliphatic rings. The van der Waals surface area contributed by atoms with Crippen LogP contribution in [-0.2, 0) is 0 Å². The van der Waals surface area contributed by atoms with Gasteiger partial charge in [0.15, 0.2) is 0 Å². The predicted octanol–water partition coefficient (Wildman–Crippen LogP) is 3.45. The molecule has 1 aromatic rings. The highest BCUT2D eigenvalue weighted by atomic mass is 35.5. The molecule has 1 aromatic heterocycles. The van der Waals surface area contributed by atoms with Crippen molar-refractivity contribution in [2.24, 2.45) is 5.92 Å². The van der Waals surface area contributed by atoms with Crippen molar-refractivity contribution < 1.29 is 0 Å². The maximum atomic E-state index is 5.85. The van der Waals surface area contributed by atoms with Crippen molar-refractivity contribution in [2.75, 3.05) is 6.54 Å². The molecular formula is C11H14Cl2N2. The van der Waals surface area contributed by atoms with Crippen LogP contribution in [0.5, 0.6) is 0 Å². The molecule has 0 spiro atoms. The second-order valence-electron chi connectivity index (χ2n) is 4.12. The van der Waals surface area contributed by atoms with Crippen molar-refractivity contribution in [3.8, 4) is 0 Å². The molecule has 0 bridgehead atoms. The summed E-state index contributed by atoms with van der Waals surface area (Å²) in [5, 5.41) is 4.38. The summed E-state index contributed by atoms with van der Waals surface area (Å²) in [7, 11) is 0. The molecule has 1 atom stereocenters. The number of nitrogens with zero attached hydrogens (tertiary/aromatic N) is 1. The Morgan fingerprint density at radius 3 is 2.53 bits per heavy atom. The summed E-state index contributed by atoms with van der Waals surface area (Å²) in [6.45, 7) is 3.20. The molecule has 15 heavy (non-hydrogen) atoms. The van der Waals surface area contributed by atoms with Crippen molar-refractivity contribution in [1.29, 1.82) is 0 Å². The fourth-order valence-electron chi connectivity index (χ4n) is 1.52. The quantitative estimate of drug-likeness (QED) is 0.822. The molecule has 1 aliphatic carbocycles. The van der Waals surface area contributed by atoms with E-state index < -0.39 is 0 Å². The Morgan fingerprint density at radius 1 is 1.40 bits per heavy atom. The third kappa shape index (κ3) is 3.33. The minimum Gasteiger partial charge on any atom is -0.310 e. The zero-order valence-electron chi connectivity index (χ0n) is 8.63. The van der Waals surface area contributed by atoms with E-state index in [2.05, 4.69) is 17.2 Å². The SMILES string of the molecule is CC(NCC1CC1)c1cc(Cl)nc(Cl)c1. The highest BCUT2D eigenvalue weighted by Gasteiger charge is 2.21. The van der Waals surface area contributed by atoms with Crippen LogP contribution in [0, 0.1) is 5.92 Å². The lowest BCUT2D eigenvalue weighted by Crippen LogP contribution is -2.21. The largest absolute Gasteiger partial charge is 0.310 e.